The molecule has 0 saturated heterocycles. The first-order valence-corrected chi connectivity index (χ1v) is 9.56. The molecule has 150 valence electrons. The topological polar surface area (TPSA) is 102 Å². The average molecular weight is 393 g/mol. The second-order valence-electron chi connectivity index (χ2n) is 7.57. The number of nitrogens with zero attached hydrogens (tertiary/aromatic N) is 3. The van der Waals surface area contributed by atoms with Gasteiger partial charge in [0.05, 0.1) is 6.33 Å². The van der Waals surface area contributed by atoms with E-state index in [0.717, 1.165) is 12.8 Å². The van der Waals surface area contributed by atoms with Crippen molar-refractivity contribution < 1.29 is 4.79 Å². The van der Waals surface area contributed by atoms with Gasteiger partial charge < -0.3 is 9.88 Å². The van der Waals surface area contributed by atoms with Gasteiger partial charge in [-0.3, -0.25) is 19.1 Å². The van der Waals surface area contributed by atoms with E-state index in [1.807, 2.05) is 6.92 Å². The number of hydrogen-bond donors (Lipinski definition) is 2. The third-order valence-electron chi connectivity index (χ3n) is 5.43. The molecule has 2 aromatic heterocycles. The highest BCUT2D eigenvalue weighted by molar-refractivity contribution is 5.80. The van der Waals surface area contributed by atoms with Crippen LogP contribution in [0.2, 0.25) is 0 Å². The second kappa shape index (κ2) is 7.20. The molecular weight excluding hydrogens is 370 g/mol. The van der Waals surface area contributed by atoms with Crippen molar-refractivity contribution in [2.75, 3.05) is 0 Å². The van der Waals surface area contributed by atoms with E-state index in [4.69, 9.17) is 0 Å². The summed E-state index contributed by atoms with van der Waals surface area (Å²) < 4.78 is 2.71. The lowest BCUT2D eigenvalue weighted by molar-refractivity contribution is -0.122. The van der Waals surface area contributed by atoms with Crippen LogP contribution in [0.4, 0.5) is 0 Å². The summed E-state index contributed by atoms with van der Waals surface area (Å²) in [6.45, 7) is 4.04. The van der Waals surface area contributed by atoms with Crippen LogP contribution < -0.4 is 16.6 Å². The van der Waals surface area contributed by atoms with E-state index in [1.54, 1.807) is 0 Å². The Balaban J connectivity index is 1.46. The van der Waals surface area contributed by atoms with Crippen LogP contribution in [0.1, 0.15) is 30.0 Å². The van der Waals surface area contributed by atoms with Crippen LogP contribution in [-0.4, -0.2) is 31.1 Å². The highest BCUT2D eigenvalue weighted by Crippen LogP contribution is 2.32. The Morgan fingerprint density at radius 3 is 2.93 bits per heavy atom. The standard InChI is InChI=1S/C21H23N5O3/c1-12-5-4-6-16-14(7-8-15(12)16)9-13(2)23-17(27)10-26-11-22-19-18(26)20(28)24-21(29)25(19)3/h4-7,11,13H,8-10H2,1-3H3,(H,23,27)(H,24,28,29)/t13-/m1/s1. The van der Waals surface area contributed by atoms with Gasteiger partial charge in [-0.15, -0.1) is 0 Å². The Morgan fingerprint density at radius 2 is 2.14 bits per heavy atom. The summed E-state index contributed by atoms with van der Waals surface area (Å²) in [5.41, 5.74) is 4.53. The Morgan fingerprint density at radius 1 is 1.34 bits per heavy atom. The summed E-state index contributed by atoms with van der Waals surface area (Å²) in [6, 6.07) is 6.25. The number of carbonyl (C=O) groups is 1. The van der Waals surface area contributed by atoms with E-state index in [2.05, 4.69) is 46.5 Å². The van der Waals surface area contributed by atoms with Gasteiger partial charge in [-0.1, -0.05) is 24.3 Å². The van der Waals surface area contributed by atoms with E-state index in [1.165, 1.54) is 44.8 Å². The van der Waals surface area contributed by atoms with Crippen molar-refractivity contribution in [2.24, 2.45) is 7.05 Å². The molecule has 0 bridgehead atoms. The van der Waals surface area contributed by atoms with Crippen molar-refractivity contribution in [3.05, 3.63) is 68.1 Å². The quantitative estimate of drug-likeness (QED) is 0.681. The summed E-state index contributed by atoms with van der Waals surface area (Å²) >= 11 is 0. The lowest BCUT2D eigenvalue weighted by Gasteiger charge is -2.16. The first kappa shape index (κ1) is 18.9. The summed E-state index contributed by atoms with van der Waals surface area (Å²) in [4.78, 5) is 42.7. The monoisotopic (exact) mass is 393 g/mol. The Hall–Kier alpha value is -3.42. The van der Waals surface area contributed by atoms with Crippen molar-refractivity contribution in [1.82, 2.24) is 24.4 Å². The molecule has 0 spiro atoms. The minimum absolute atomic E-state index is 0.0448. The van der Waals surface area contributed by atoms with Gasteiger partial charge in [0, 0.05) is 13.1 Å². The fourth-order valence-corrected chi connectivity index (χ4v) is 3.96. The number of hydrogen-bond acceptors (Lipinski definition) is 4. The zero-order valence-corrected chi connectivity index (χ0v) is 16.7. The predicted octanol–water partition coefficient (Wildman–Crippen LogP) is 1.27. The van der Waals surface area contributed by atoms with Crippen LogP contribution in [0.15, 0.2) is 40.2 Å². The molecule has 29 heavy (non-hydrogen) atoms. The van der Waals surface area contributed by atoms with Gasteiger partial charge in [0.2, 0.25) is 5.91 Å². The Kier molecular flexibility index (Phi) is 4.70. The van der Waals surface area contributed by atoms with Crippen molar-refractivity contribution in [3.63, 3.8) is 0 Å². The highest BCUT2D eigenvalue weighted by Gasteiger charge is 2.19. The van der Waals surface area contributed by atoms with E-state index < -0.39 is 11.2 Å². The van der Waals surface area contributed by atoms with Crippen molar-refractivity contribution in [1.29, 1.82) is 0 Å². The molecule has 1 amide bonds. The smallest absolute Gasteiger partial charge is 0.329 e. The van der Waals surface area contributed by atoms with E-state index in [0.29, 0.717) is 0 Å². The summed E-state index contributed by atoms with van der Waals surface area (Å²) in [6.07, 6.45) is 5.30. The molecule has 0 fully saturated rings. The van der Waals surface area contributed by atoms with Gasteiger partial charge in [-0.05, 0) is 49.0 Å². The molecule has 1 aliphatic carbocycles. The maximum absolute atomic E-state index is 12.5. The predicted molar refractivity (Wildman–Crippen MR) is 111 cm³/mol. The first-order valence-electron chi connectivity index (χ1n) is 9.56. The van der Waals surface area contributed by atoms with Gasteiger partial charge in [0.15, 0.2) is 11.2 Å². The van der Waals surface area contributed by atoms with Crippen molar-refractivity contribution >= 4 is 22.6 Å². The SMILES string of the molecule is Cc1cccc2c1CC=C2C[C@@H](C)NC(=O)Cn1cnc2c1c(=O)[nH]c(=O)n2C. The van der Waals surface area contributed by atoms with Crippen LogP contribution in [0.3, 0.4) is 0 Å². The molecule has 4 rings (SSSR count). The molecule has 2 heterocycles. The zero-order valence-electron chi connectivity index (χ0n) is 16.7. The maximum Gasteiger partial charge on any atom is 0.329 e. The number of benzene rings is 1. The van der Waals surface area contributed by atoms with Crippen LogP contribution in [0.5, 0.6) is 0 Å². The van der Waals surface area contributed by atoms with Crippen molar-refractivity contribution in [3.8, 4) is 0 Å². The van der Waals surface area contributed by atoms with E-state index >= 15 is 0 Å². The minimum Gasteiger partial charge on any atom is -0.352 e. The molecule has 0 aliphatic heterocycles. The van der Waals surface area contributed by atoms with Gasteiger partial charge >= 0.3 is 5.69 Å². The first-order chi connectivity index (χ1) is 13.8. The number of nitrogens with one attached hydrogen (secondary N) is 2. The summed E-state index contributed by atoms with van der Waals surface area (Å²) in [7, 11) is 1.52. The largest absolute Gasteiger partial charge is 0.352 e. The second-order valence-corrected chi connectivity index (χ2v) is 7.57. The Bertz CT molecular complexity index is 1260. The van der Waals surface area contributed by atoms with Crippen molar-refractivity contribution in [2.45, 2.75) is 39.3 Å². The number of allylic oxidation sites excluding steroid dienone is 1. The summed E-state index contributed by atoms with van der Waals surface area (Å²) in [5, 5.41) is 2.99. The molecule has 1 aromatic carbocycles. The van der Waals surface area contributed by atoms with Crippen LogP contribution in [0, 0.1) is 6.92 Å². The molecule has 1 atom stereocenters. The lowest BCUT2D eigenvalue weighted by atomic mass is 9.98. The summed E-state index contributed by atoms with van der Waals surface area (Å²) in [5.74, 6) is -0.215. The minimum atomic E-state index is -0.551. The van der Waals surface area contributed by atoms with Gasteiger partial charge in [-0.2, -0.15) is 0 Å². The molecule has 2 N–H and O–H groups in total. The van der Waals surface area contributed by atoms with E-state index in [-0.39, 0.29) is 29.7 Å². The number of H-pyrrole nitrogens is 1. The number of aromatic amines is 1. The third-order valence-corrected chi connectivity index (χ3v) is 5.43. The van der Waals surface area contributed by atoms with Crippen LogP contribution >= 0.6 is 0 Å². The molecule has 1 aliphatic rings. The molecule has 8 nitrogen and oxygen atoms in total. The number of aryl methyl sites for hydroxylation is 2. The highest BCUT2D eigenvalue weighted by atomic mass is 16.2. The fourth-order valence-electron chi connectivity index (χ4n) is 3.96. The van der Waals surface area contributed by atoms with E-state index in [9.17, 15) is 14.4 Å². The number of rotatable bonds is 5. The normalized spacial score (nSPS) is 14.0. The zero-order chi connectivity index (χ0) is 20.7. The van der Waals surface area contributed by atoms with Gasteiger partial charge in [0.25, 0.3) is 5.56 Å². The maximum atomic E-state index is 12.5. The number of imidazole rings is 1. The van der Waals surface area contributed by atoms with Crippen LogP contribution in [0.25, 0.3) is 16.7 Å². The number of fused-ring (bicyclic) bond motifs is 2. The molecule has 8 heteroatoms. The number of amides is 1. The average Bonchev–Trinajstić information content (AvgIpc) is 3.25. The number of carbonyl (C=O) groups excluding carboxylic acids is 1. The van der Waals surface area contributed by atoms with Crippen LogP contribution in [-0.2, 0) is 24.8 Å². The lowest BCUT2D eigenvalue weighted by Crippen LogP contribution is -2.36. The Labute approximate surface area is 166 Å². The fraction of sp³-hybridized carbons (Fsp3) is 0.333. The molecule has 0 saturated carbocycles. The third kappa shape index (κ3) is 3.41. The molecule has 0 radical (unpaired) electrons. The van der Waals surface area contributed by atoms with Gasteiger partial charge in [-0.25, -0.2) is 9.78 Å². The molecule has 0 unspecified atom stereocenters. The number of aromatic nitrogens is 4. The molecule has 3 aromatic rings. The molecular formula is C21H23N5O3. The van der Waals surface area contributed by atoms with Gasteiger partial charge in [0.1, 0.15) is 6.54 Å².